The second-order valence-electron chi connectivity index (χ2n) is 8.83. The summed E-state index contributed by atoms with van der Waals surface area (Å²) in [5.41, 5.74) is 2.47. The van der Waals surface area contributed by atoms with Gasteiger partial charge >= 0.3 is 0 Å². The molecule has 0 N–H and O–H groups in total. The first kappa shape index (κ1) is 25.0. The first-order chi connectivity index (χ1) is 18.3. The highest BCUT2D eigenvalue weighted by molar-refractivity contribution is 5.94. The van der Waals surface area contributed by atoms with Gasteiger partial charge in [-0.15, -0.1) is 0 Å². The molecule has 0 spiro atoms. The zero-order valence-electron chi connectivity index (χ0n) is 21.1. The van der Waals surface area contributed by atoms with E-state index >= 15 is 0 Å². The Bertz CT molecular complexity index is 1320. The van der Waals surface area contributed by atoms with Gasteiger partial charge in [0.25, 0.3) is 0 Å². The lowest BCUT2D eigenvalue weighted by atomic mass is 9.83. The number of rotatable bonds is 12. The Morgan fingerprint density at radius 3 is 2.11 bits per heavy atom. The van der Waals surface area contributed by atoms with E-state index in [2.05, 4.69) is 72.8 Å². The van der Waals surface area contributed by atoms with E-state index in [0.29, 0.717) is 39.6 Å². The third-order valence-electron chi connectivity index (χ3n) is 6.47. The summed E-state index contributed by atoms with van der Waals surface area (Å²) in [6.07, 6.45) is 4.35. The number of ether oxygens (including phenoxy) is 5. The molecule has 0 fully saturated rings. The third-order valence-corrected chi connectivity index (χ3v) is 6.47. The normalized spacial score (nSPS) is 16.4. The number of methoxy groups -OCH3 is 1. The van der Waals surface area contributed by atoms with Crippen molar-refractivity contribution in [1.29, 1.82) is 0 Å². The highest BCUT2D eigenvalue weighted by Crippen LogP contribution is 2.44. The summed E-state index contributed by atoms with van der Waals surface area (Å²) in [5, 5.41) is 2.39. The standard InChI is InChI=1S/C32H32O5/c1-33-19-20-34-21-22-35-23-24-36-28-14-12-27(13-15-28)32(26-8-3-2-4-9-26)18-17-30-29-10-6-5-7-25(29)11-16-31(30)37-32/h2-18H,19-24H2,1H3. The smallest absolute Gasteiger partial charge is 0.178 e. The predicted molar refractivity (Wildman–Crippen MR) is 146 cm³/mol. The van der Waals surface area contributed by atoms with Crippen molar-refractivity contribution in [2.75, 3.05) is 46.8 Å². The molecule has 5 rings (SSSR count). The molecule has 4 aromatic carbocycles. The maximum atomic E-state index is 6.83. The summed E-state index contributed by atoms with van der Waals surface area (Å²) in [6.45, 7) is 3.22. The zero-order chi connectivity index (χ0) is 25.3. The first-order valence-electron chi connectivity index (χ1n) is 12.6. The van der Waals surface area contributed by atoms with Crippen LogP contribution in [0.1, 0.15) is 16.7 Å². The Morgan fingerprint density at radius 2 is 1.32 bits per heavy atom. The van der Waals surface area contributed by atoms with E-state index in [4.69, 9.17) is 23.7 Å². The van der Waals surface area contributed by atoms with Gasteiger partial charge in [-0.3, -0.25) is 0 Å². The Hall–Kier alpha value is -3.64. The van der Waals surface area contributed by atoms with Gasteiger partial charge < -0.3 is 23.7 Å². The molecule has 5 heteroatoms. The molecule has 0 aliphatic carbocycles. The summed E-state index contributed by atoms with van der Waals surface area (Å²) in [6, 6.07) is 31.0. The first-order valence-corrected chi connectivity index (χ1v) is 12.6. The number of benzene rings is 4. The number of hydrogen-bond acceptors (Lipinski definition) is 5. The maximum absolute atomic E-state index is 6.83. The van der Waals surface area contributed by atoms with Gasteiger partial charge in [-0.05, 0) is 41.1 Å². The van der Waals surface area contributed by atoms with Crippen LogP contribution >= 0.6 is 0 Å². The molecule has 0 saturated carbocycles. The van der Waals surface area contributed by atoms with Crippen LogP contribution in [0, 0.1) is 0 Å². The Morgan fingerprint density at radius 1 is 0.649 bits per heavy atom. The molecule has 37 heavy (non-hydrogen) atoms. The van der Waals surface area contributed by atoms with E-state index < -0.39 is 5.60 Å². The lowest BCUT2D eigenvalue weighted by molar-refractivity contribution is 0.0179. The maximum Gasteiger partial charge on any atom is 0.178 e. The van der Waals surface area contributed by atoms with E-state index in [-0.39, 0.29) is 0 Å². The average molecular weight is 497 g/mol. The molecule has 1 heterocycles. The van der Waals surface area contributed by atoms with Gasteiger partial charge in [-0.25, -0.2) is 0 Å². The van der Waals surface area contributed by atoms with Crippen LogP contribution < -0.4 is 9.47 Å². The molecule has 1 unspecified atom stereocenters. The quantitative estimate of drug-likeness (QED) is 0.217. The Balaban J connectivity index is 1.30. The minimum atomic E-state index is -0.735. The fourth-order valence-electron chi connectivity index (χ4n) is 4.59. The SMILES string of the molecule is COCCOCCOCCOc1ccc(C2(c3ccccc3)C=Cc3c(ccc4ccccc34)O2)cc1. The monoisotopic (exact) mass is 496 g/mol. The fourth-order valence-corrected chi connectivity index (χ4v) is 4.59. The van der Waals surface area contributed by atoms with E-state index in [1.165, 1.54) is 10.8 Å². The fraction of sp³-hybridized carbons (Fsp3) is 0.250. The molecule has 0 amide bonds. The van der Waals surface area contributed by atoms with Gasteiger partial charge in [0, 0.05) is 23.8 Å². The van der Waals surface area contributed by atoms with Crippen molar-refractivity contribution < 1.29 is 23.7 Å². The molecule has 1 aliphatic rings. The van der Waals surface area contributed by atoms with E-state index in [9.17, 15) is 0 Å². The summed E-state index contributed by atoms with van der Waals surface area (Å²) >= 11 is 0. The second-order valence-corrected chi connectivity index (χ2v) is 8.83. The largest absolute Gasteiger partial charge is 0.491 e. The Labute approximate surface area is 218 Å². The molecular weight excluding hydrogens is 464 g/mol. The van der Waals surface area contributed by atoms with Gasteiger partial charge in [0.15, 0.2) is 5.60 Å². The van der Waals surface area contributed by atoms with Gasteiger partial charge in [0.05, 0.1) is 33.0 Å². The van der Waals surface area contributed by atoms with Crippen molar-refractivity contribution in [3.8, 4) is 11.5 Å². The van der Waals surface area contributed by atoms with Gasteiger partial charge in [0.1, 0.15) is 18.1 Å². The van der Waals surface area contributed by atoms with Crippen LogP contribution in [-0.2, 0) is 19.8 Å². The van der Waals surface area contributed by atoms with Crippen LogP contribution in [0.3, 0.4) is 0 Å². The molecule has 1 atom stereocenters. The summed E-state index contributed by atoms with van der Waals surface area (Å²) < 4.78 is 28.6. The molecule has 0 bridgehead atoms. The highest BCUT2D eigenvalue weighted by Gasteiger charge is 2.37. The molecule has 0 aromatic heterocycles. The molecule has 1 aliphatic heterocycles. The van der Waals surface area contributed by atoms with E-state index in [0.717, 1.165) is 28.2 Å². The van der Waals surface area contributed by atoms with Gasteiger partial charge in [-0.2, -0.15) is 0 Å². The van der Waals surface area contributed by atoms with Crippen LogP contribution in [0.4, 0.5) is 0 Å². The van der Waals surface area contributed by atoms with Crippen LogP contribution in [0.2, 0.25) is 0 Å². The third kappa shape index (κ3) is 5.70. The lowest BCUT2D eigenvalue weighted by Gasteiger charge is -2.36. The molecule has 5 nitrogen and oxygen atoms in total. The topological polar surface area (TPSA) is 46.2 Å². The van der Waals surface area contributed by atoms with Crippen molar-refractivity contribution in [2.45, 2.75) is 5.60 Å². The molecule has 190 valence electrons. The van der Waals surface area contributed by atoms with Crippen molar-refractivity contribution in [2.24, 2.45) is 0 Å². The van der Waals surface area contributed by atoms with Gasteiger partial charge in [-0.1, -0.05) is 72.8 Å². The second kappa shape index (κ2) is 12.1. The van der Waals surface area contributed by atoms with Crippen LogP contribution in [0.25, 0.3) is 16.8 Å². The van der Waals surface area contributed by atoms with Crippen LogP contribution in [0.15, 0.2) is 97.1 Å². The minimum absolute atomic E-state index is 0.470. The summed E-state index contributed by atoms with van der Waals surface area (Å²) in [5.74, 6) is 1.66. The van der Waals surface area contributed by atoms with Crippen molar-refractivity contribution in [1.82, 2.24) is 0 Å². The minimum Gasteiger partial charge on any atom is -0.491 e. The molecular formula is C32H32O5. The highest BCUT2D eigenvalue weighted by atomic mass is 16.6. The Kier molecular flexibility index (Phi) is 8.16. The van der Waals surface area contributed by atoms with Crippen molar-refractivity contribution in [3.05, 3.63) is 114 Å². The number of hydrogen-bond donors (Lipinski definition) is 0. The van der Waals surface area contributed by atoms with Crippen LogP contribution in [-0.4, -0.2) is 46.8 Å². The lowest BCUT2D eigenvalue weighted by Crippen LogP contribution is -2.34. The summed E-state index contributed by atoms with van der Waals surface area (Å²) in [7, 11) is 1.66. The predicted octanol–water partition coefficient (Wildman–Crippen LogP) is 6.25. The van der Waals surface area contributed by atoms with Crippen molar-refractivity contribution >= 4 is 16.8 Å². The van der Waals surface area contributed by atoms with E-state index in [1.807, 2.05) is 30.3 Å². The molecule has 4 aromatic rings. The van der Waals surface area contributed by atoms with Crippen LogP contribution in [0.5, 0.6) is 11.5 Å². The zero-order valence-corrected chi connectivity index (χ0v) is 21.1. The number of fused-ring (bicyclic) bond motifs is 3. The van der Waals surface area contributed by atoms with Gasteiger partial charge in [0.2, 0.25) is 0 Å². The summed E-state index contributed by atoms with van der Waals surface area (Å²) in [4.78, 5) is 0. The van der Waals surface area contributed by atoms with E-state index in [1.54, 1.807) is 7.11 Å². The molecule has 0 saturated heterocycles. The van der Waals surface area contributed by atoms with Crippen molar-refractivity contribution in [3.63, 3.8) is 0 Å². The average Bonchev–Trinajstić information content (AvgIpc) is 2.96. The molecule has 0 radical (unpaired) electrons.